The third kappa shape index (κ3) is 33.5. The van der Waals surface area contributed by atoms with Gasteiger partial charge < -0.3 is 58.0 Å². The number of nitrogens with zero attached hydrogens (tertiary/aromatic N) is 16. The van der Waals surface area contributed by atoms with Gasteiger partial charge in [-0.2, -0.15) is 21.0 Å². The quantitative estimate of drug-likeness (QED) is 0.0206. The van der Waals surface area contributed by atoms with E-state index in [1.807, 2.05) is 82.3 Å². The van der Waals surface area contributed by atoms with E-state index in [0.29, 0.717) is 68.6 Å². The molecule has 12 aromatic heterocycles. The van der Waals surface area contributed by atoms with E-state index in [-0.39, 0.29) is 54.3 Å². The predicted molar refractivity (Wildman–Crippen MR) is 490 cm³/mol. The molecule has 13 rings (SSSR count). The lowest BCUT2D eigenvalue weighted by Crippen LogP contribution is -2.41. The summed E-state index contributed by atoms with van der Waals surface area (Å²) in [5.74, 6) is -3.06. The number of hydrogen-bond donors (Lipinski definition) is 9. The zero-order chi connectivity index (χ0) is 92.1. The standard InChI is InChI=1S/C20H16N6O2S.C17H14N6OS.C12H9BrN4OS.C11H17BN2O2.C8H8BrNO2.C7H6BrNO2.C4H3N3S.C3H3ClO/c1-3-18(27)25-17-5-4-13(10-23-17)15-6-14(8-22-9-15)12(2)19(28)26-20-24-11-16(7-21)29-20;1-10(16(24)23-17-22-9-14(5-18)25-17)12-4-13(7-20-6-12)11-2-3-15(19)21-8-11;1-7(8-2-9(13)5-15-4-8)11(18)17-12-16-6-10(3-14)19-12;1-10(2)11(3,4)16-12(15-10)8-5-6-9(13)14-7-8;1-5(8(11)12)6-2-7(9)4-10-3-6;8-6-1-5(2-7(10)11)3-9-4-6;5-1-3-2-7-4(6)8-3;1-2-3(4)5/h3-6,8-12H,1H2,2H3,(H,23,25,27)(H,24,26,28);2-4,6-10H,1H3,(H2,19,21)(H,22,23,24);2,4-7H,1H3,(H,16,17,18);5-7H,1-4H3,(H2,13,14);2-5H,1H3,(H,11,12);1,3-4H,2H2,(H,10,11);2H,(H2,6,7);2H,1H2. The van der Waals surface area contributed by atoms with Gasteiger partial charge in [-0.05, 0) is 215 Å². The Bertz CT molecular complexity index is 5910. The van der Waals surface area contributed by atoms with Crippen molar-refractivity contribution in [1.29, 1.82) is 21.0 Å². The van der Waals surface area contributed by atoms with Gasteiger partial charge in [-0.25, -0.2) is 34.9 Å². The molecule has 0 bridgehead atoms. The van der Waals surface area contributed by atoms with Crippen molar-refractivity contribution < 1.29 is 53.1 Å². The number of nitriles is 4. The maximum Gasteiger partial charge on any atom is 0.496 e. The first-order valence-electron chi connectivity index (χ1n) is 36.1. The lowest BCUT2D eigenvalue weighted by molar-refractivity contribution is -0.138. The molecule has 13 heterocycles. The molecule has 0 aromatic carbocycles. The van der Waals surface area contributed by atoms with Gasteiger partial charge in [0.1, 0.15) is 61.2 Å². The van der Waals surface area contributed by atoms with Crippen LogP contribution in [0.25, 0.3) is 22.3 Å². The molecule has 1 aliphatic heterocycles. The monoisotopic (exact) mass is 1970 g/mol. The van der Waals surface area contributed by atoms with Gasteiger partial charge in [0.15, 0.2) is 20.5 Å². The Morgan fingerprint density at radius 2 is 0.848 bits per heavy atom. The minimum atomic E-state index is -0.843. The van der Waals surface area contributed by atoms with Gasteiger partial charge >= 0.3 is 19.1 Å². The van der Waals surface area contributed by atoms with E-state index >= 15 is 0 Å². The lowest BCUT2D eigenvalue weighted by Gasteiger charge is -2.32. The summed E-state index contributed by atoms with van der Waals surface area (Å²) in [7, 11) is -0.363. The van der Waals surface area contributed by atoms with Crippen LogP contribution in [0.15, 0.2) is 211 Å². The van der Waals surface area contributed by atoms with Crippen molar-refractivity contribution in [3.05, 3.63) is 258 Å². The highest BCUT2D eigenvalue weighted by Crippen LogP contribution is 2.37. The highest BCUT2D eigenvalue weighted by Gasteiger charge is 2.52. The summed E-state index contributed by atoms with van der Waals surface area (Å²) >= 11 is 19.0. The number of aromatic nitrogens is 12. The molecule has 4 atom stereocenters. The molecule has 0 aliphatic carbocycles. The van der Waals surface area contributed by atoms with Crippen LogP contribution in [0.2, 0.25) is 0 Å². The van der Waals surface area contributed by atoms with E-state index in [2.05, 4.69) is 142 Å². The van der Waals surface area contributed by atoms with Crippen LogP contribution in [0.1, 0.15) is 126 Å². The Labute approximate surface area is 763 Å². The molecule has 125 heavy (non-hydrogen) atoms. The highest BCUT2D eigenvalue weighted by atomic mass is 79.9. The average Bonchev–Trinajstić information content (AvgIpc) is 1.62. The summed E-state index contributed by atoms with van der Waals surface area (Å²) in [6.45, 7) is 21.5. The fraction of sp³-hybridized carbons (Fsp3) is 0.183. The molecule has 640 valence electrons. The van der Waals surface area contributed by atoms with Gasteiger partial charge in [-0.15, -0.1) is 0 Å². The summed E-state index contributed by atoms with van der Waals surface area (Å²) in [4.78, 5) is 129. The predicted octanol–water partition coefficient (Wildman–Crippen LogP) is 15.1. The molecule has 12 aromatic rings. The van der Waals surface area contributed by atoms with E-state index in [1.165, 1.54) is 42.2 Å². The smallest absolute Gasteiger partial charge is 0.481 e. The number of nitrogen functional groups attached to an aromatic ring is 3. The highest BCUT2D eigenvalue weighted by molar-refractivity contribution is 9.11. The number of carbonyl (C=O) groups is 7. The van der Waals surface area contributed by atoms with E-state index < -0.39 is 34.9 Å². The van der Waals surface area contributed by atoms with Gasteiger partial charge in [0, 0.05) is 122 Å². The molecule has 4 amide bonds. The number of amides is 4. The lowest BCUT2D eigenvalue weighted by atomic mass is 9.80. The molecule has 43 heteroatoms. The van der Waals surface area contributed by atoms with Gasteiger partial charge in [-0.1, -0.05) is 64.6 Å². The number of nitrogens with one attached hydrogen (secondary N) is 4. The van der Waals surface area contributed by atoms with E-state index in [0.717, 1.165) is 97.9 Å². The minimum absolute atomic E-state index is 0.0203. The second-order valence-electron chi connectivity index (χ2n) is 26.5. The number of anilines is 7. The van der Waals surface area contributed by atoms with Crippen LogP contribution in [-0.2, 0) is 49.3 Å². The zero-order valence-electron chi connectivity index (χ0n) is 67.4. The molecule has 12 N–H and O–H groups in total. The second kappa shape index (κ2) is 49.8. The summed E-state index contributed by atoms with van der Waals surface area (Å²) in [6.07, 6.45) is 29.3. The molecular weight excluding hydrogens is 1900 g/mol. The Kier molecular flexibility index (Phi) is 40.0. The summed E-state index contributed by atoms with van der Waals surface area (Å²) in [6, 6.07) is 27.7. The van der Waals surface area contributed by atoms with Crippen LogP contribution in [0.5, 0.6) is 0 Å². The van der Waals surface area contributed by atoms with Crippen molar-refractivity contribution in [2.45, 2.75) is 96.7 Å². The molecule has 34 nitrogen and oxygen atoms in total. The normalized spacial score (nSPS) is 12.4. The Morgan fingerprint density at radius 1 is 0.472 bits per heavy atom. The molecule has 0 saturated carbocycles. The number of carboxylic acid groups (broad SMARTS) is 2. The van der Waals surface area contributed by atoms with Crippen molar-refractivity contribution >= 4 is 196 Å². The first kappa shape index (κ1) is 101. The Morgan fingerprint density at radius 3 is 1.18 bits per heavy atom. The SMILES string of the molecule is C=CC(=O)Cl.C=CC(=O)Nc1ccc(-c2cncc(C(C)C(=O)Nc3ncc(C#N)s3)c2)cn1.CC(C(=O)Nc1ncc(C#N)s1)c1cncc(-c2ccc(N)nc2)c1.CC(C(=O)Nc1ncc(C#N)s1)c1cncc(Br)c1.CC(C(=O)O)c1cncc(Br)c1.CC1(C)OB(c2ccc(N)nc2)OC1(C)C.N#Cc1cnc(N)s1.O=C(O)Cc1cncc(Br)c1. The van der Waals surface area contributed by atoms with Crippen LogP contribution in [0.4, 0.5) is 38.0 Å². The van der Waals surface area contributed by atoms with Crippen molar-refractivity contribution in [2.75, 3.05) is 38.5 Å². The number of pyridine rings is 8. The number of carbonyl (C=O) groups excluding carboxylic acids is 5. The molecule has 0 radical (unpaired) electrons. The summed E-state index contributed by atoms with van der Waals surface area (Å²) in [5.41, 5.74) is 23.6. The van der Waals surface area contributed by atoms with E-state index in [4.69, 9.17) is 69.4 Å². The number of halogens is 4. The fourth-order valence-corrected chi connectivity index (χ4v) is 12.9. The van der Waals surface area contributed by atoms with Gasteiger partial charge in [-0.3, -0.25) is 58.5 Å². The Balaban J connectivity index is 0.000000231. The zero-order valence-corrected chi connectivity index (χ0v) is 76.2. The number of aliphatic carboxylic acids is 2. The topological polar surface area (TPSA) is 554 Å². The van der Waals surface area contributed by atoms with Crippen molar-refractivity contribution in [3.8, 4) is 46.5 Å². The second-order valence-corrected chi connectivity index (χ2v) is 33.7. The third-order valence-corrected chi connectivity index (χ3v) is 21.6. The Hall–Kier alpha value is -13.2. The van der Waals surface area contributed by atoms with Crippen LogP contribution >= 0.6 is 105 Å². The average molecular weight is 1970 g/mol. The largest absolute Gasteiger partial charge is 0.496 e. The molecule has 1 aliphatic rings. The maximum absolute atomic E-state index is 12.5. The molecule has 1 fully saturated rings. The van der Waals surface area contributed by atoms with E-state index in [9.17, 15) is 33.6 Å². The molecular formula is C82H76BBr3ClN23O11S4. The summed E-state index contributed by atoms with van der Waals surface area (Å²) < 4.78 is 14.2. The number of carboxylic acids is 2. The number of rotatable bonds is 19. The number of allylic oxidation sites excluding steroid dienone is 1. The molecule has 1 saturated heterocycles. The van der Waals surface area contributed by atoms with Crippen LogP contribution < -0.4 is 43.9 Å². The van der Waals surface area contributed by atoms with Crippen LogP contribution in [0, 0.1) is 45.3 Å². The van der Waals surface area contributed by atoms with Crippen molar-refractivity contribution in [3.63, 3.8) is 0 Å². The maximum atomic E-state index is 12.5. The number of thiazole rings is 4. The van der Waals surface area contributed by atoms with E-state index in [1.54, 1.807) is 145 Å². The van der Waals surface area contributed by atoms with Gasteiger partial charge in [0.25, 0.3) is 0 Å². The third-order valence-electron chi connectivity index (χ3n) is 17.0. The molecule has 0 spiro atoms. The van der Waals surface area contributed by atoms with Gasteiger partial charge in [0.05, 0.1) is 66.1 Å². The number of hydrogen-bond acceptors (Lipinski definition) is 32. The minimum Gasteiger partial charge on any atom is -0.481 e. The molecule has 4 unspecified atom stereocenters. The van der Waals surface area contributed by atoms with Crippen LogP contribution in [-0.4, -0.2) is 129 Å². The van der Waals surface area contributed by atoms with Crippen molar-refractivity contribution in [1.82, 2.24) is 59.8 Å². The first-order chi connectivity index (χ1) is 59.4. The van der Waals surface area contributed by atoms with Gasteiger partial charge in [0.2, 0.25) is 28.9 Å². The number of nitrogens with two attached hydrogens (primary N) is 3. The first-order valence-corrected chi connectivity index (χ1v) is 42.2. The van der Waals surface area contributed by atoms with Crippen LogP contribution in [0.3, 0.4) is 0 Å². The fourth-order valence-electron chi connectivity index (χ4n) is 9.42. The summed E-state index contributed by atoms with van der Waals surface area (Å²) in [5, 5.41) is 63.5. The van der Waals surface area contributed by atoms with Crippen molar-refractivity contribution in [2.24, 2.45) is 0 Å².